The van der Waals surface area contributed by atoms with Crippen LogP contribution in [0, 0.1) is 0 Å². The molecule has 4 aromatic rings. The summed E-state index contributed by atoms with van der Waals surface area (Å²) in [5, 5.41) is 7.73. The summed E-state index contributed by atoms with van der Waals surface area (Å²) < 4.78 is 0. The molecule has 2 amide bonds. The van der Waals surface area contributed by atoms with Crippen molar-refractivity contribution in [3.63, 3.8) is 0 Å². The zero-order chi connectivity index (χ0) is 22.5. The van der Waals surface area contributed by atoms with Crippen molar-refractivity contribution in [2.75, 3.05) is 5.32 Å². The van der Waals surface area contributed by atoms with Crippen LogP contribution in [0.2, 0.25) is 0 Å². The second-order valence-electron chi connectivity index (χ2n) is 7.19. The minimum atomic E-state index is -0.349. The molecule has 2 aromatic heterocycles. The largest absolute Gasteiger partial charge is 0.326 e. The number of pyridine rings is 2. The summed E-state index contributed by atoms with van der Waals surface area (Å²) >= 11 is 0. The number of amides is 2. The van der Waals surface area contributed by atoms with Gasteiger partial charge in [-0.3, -0.25) is 14.6 Å². The van der Waals surface area contributed by atoms with Gasteiger partial charge in [-0.1, -0.05) is 36.4 Å². The average Bonchev–Trinajstić information content (AvgIpc) is 2.82. The molecule has 0 aliphatic carbocycles. The number of carbonyl (C=O) groups is 2. The molecule has 0 aliphatic heterocycles. The minimum absolute atomic E-state index is 0.154. The Balaban J connectivity index is 1.65. The summed E-state index contributed by atoms with van der Waals surface area (Å²) in [6.07, 6.45) is 1.69. The lowest BCUT2D eigenvalue weighted by Crippen LogP contribution is -2.20. The zero-order valence-electron chi connectivity index (χ0n) is 17.7. The van der Waals surface area contributed by atoms with Gasteiger partial charge in [-0.2, -0.15) is 5.10 Å². The van der Waals surface area contributed by atoms with Crippen LogP contribution >= 0.6 is 0 Å². The topological polar surface area (TPSA) is 96.3 Å². The number of rotatable bonds is 5. The van der Waals surface area contributed by atoms with Gasteiger partial charge >= 0.3 is 0 Å². The first-order valence-electron chi connectivity index (χ1n) is 10.0. The van der Waals surface area contributed by atoms with Crippen LogP contribution in [0.1, 0.15) is 29.8 Å². The predicted molar refractivity (Wildman–Crippen MR) is 125 cm³/mol. The zero-order valence-corrected chi connectivity index (χ0v) is 17.7. The number of anilines is 1. The van der Waals surface area contributed by atoms with E-state index in [1.54, 1.807) is 31.3 Å². The van der Waals surface area contributed by atoms with Crippen molar-refractivity contribution in [3.05, 3.63) is 90.1 Å². The second kappa shape index (κ2) is 9.18. The molecule has 0 unspecified atom stereocenters. The maximum absolute atomic E-state index is 13.1. The van der Waals surface area contributed by atoms with E-state index in [2.05, 4.69) is 25.8 Å². The lowest BCUT2D eigenvalue weighted by Gasteiger charge is -2.09. The van der Waals surface area contributed by atoms with Gasteiger partial charge in [0.05, 0.1) is 28.2 Å². The number of para-hydroxylation sites is 1. The van der Waals surface area contributed by atoms with Crippen molar-refractivity contribution in [1.29, 1.82) is 0 Å². The van der Waals surface area contributed by atoms with E-state index < -0.39 is 0 Å². The molecule has 7 heteroatoms. The Morgan fingerprint density at radius 3 is 2.47 bits per heavy atom. The molecule has 0 spiro atoms. The first-order valence-corrected chi connectivity index (χ1v) is 10.0. The van der Waals surface area contributed by atoms with Crippen LogP contribution in [0.25, 0.3) is 22.3 Å². The van der Waals surface area contributed by atoms with E-state index in [4.69, 9.17) is 0 Å². The SMILES string of the molecule is CC(=O)Nc1cccc(C(C)=NNC(=O)c2cc(-c3ccccn3)nc3ccccc23)c1. The molecule has 2 N–H and O–H groups in total. The number of nitrogens with one attached hydrogen (secondary N) is 2. The molecule has 0 atom stereocenters. The van der Waals surface area contributed by atoms with Crippen LogP contribution in [-0.4, -0.2) is 27.5 Å². The summed E-state index contributed by atoms with van der Waals surface area (Å²) in [7, 11) is 0. The van der Waals surface area contributed by atoms with E-state index in [1.165, 1.54) is 6.92 Å². The van der Waals surface area contributed by atoms with Crippen LogP contribution in [0.3, 0.4) is 0 Å². The third kappa shape index (κ3) is 4.67. The third-order valence-corrected chi connectivity index (χ3v) is 4.81. The van der Waals surface area contributed by atoms with Crippen molar-refractivity contribution in [1.82, 2.24) is 15.4 Å². The van der Waals surface area contributed by atoms with E-state index >= 15 is 0 Å². The van der Waals surface area contributed by atoms with Gasteiger partial charge in [0.25, 0.3) is 5.91 Å². The van der Waals surface area contributed by atoms with Gasteiger partial charge in [-0.05, 0) is 48.9 Å². The Bertz CT molecular complexity index is 1330. The third-order valence-electron chi connectivity index (χ3n) is 4.81. The van der Waals surface area contributed by atoms with Crippen LogP contribution in [0.15, 0.2) is 84.1 Å². The Hall–Kier alpha value is -4.39. The fourth-order valence-corrected chi connectivity index (χ4v) is 3.29. The molecule has 2 aromatic carbocycles. The number of nitrogens with zero attached hydrogens (tertiary/aromatic N) is 3. The van der Waals surface area contributed by atoms with Gasteiger partial charge in [0.1, 0.15) is 0 Å². The second-order valence-corrected chi connectivity index (χ2v) is 7.19. The Kier molecular flexibility index (Phi) is 5.98. The first kappa shape index (κ1) is 20.9. The maximum Gasteiger partial charge on any atom is 0.272 e. The normalized spacial score (nSPS) is 11.2. The molecule has 0 bridgehead atoms. The predicted octanol–water partition coefficient (Wildman–Crippen LogP) is 4.41. The van der Waals surface area contributed by atoms with Crippen molar-refractivity contribution in [3.8, 4) is 11.4 Å². The first-order chi connectivity index (χ1) is 15.5. The van der Waals surface area contributed by atoms with E-state index in [-0.39, 0.29) is 11.8 Å². The Morgan fingerprint density at radius 1 is 0.875 bits per heavy atom. The molecule has 0 saturated heterocycles. The molecule has 0 aliphatic rings. The molecule has 7 nitrogen and oxygen atoms in total. The lowest BCUT2D eigenvalue weighted by atomic mass is 10.1. The summed E-state index contributed by atoms with van der Waals surface area (Å²) in [5.74, 6) is -0.503. The highest BCUT2D eigenvalue weighted by atomic mass is 16.2. The van der Waals surface area contributed by atoms with E-state index in [0.717, 1.165) is 10.9 Å². The highest BCUT2D eigenvalue weighted by Crippen LogP contribution is 2.23. The van der Waals surface area contributed by atoms with Gasteiger partial charge in [-0.25, -0.2) is 10.4 Å². The fourth-order valence-electron chi connectivity index (χ4n) is 3.29. The lowest BCUT2D eigenvalue weighted by molar-refractivity contribution is -0.114. The smallest absolute Gasteiger partial charge is 0.272 e. The molecule has 0 radical (unpaired) electrons. The van der Waals surface area contributed by atoms with Gasteiger partial charge in [0, 0.05) is 24.2 Å². The number of aromatic nitrogens is 2. The molecular formula is C25H21N5O2. The monoisotopic (exact) mass is 423 g/mol. The fraction of sp³-hybridized carbons (Fsp3) is 0.0800. The van der Waals surface area contributed by atoms with E-state index in [1.807, 2.05) is 54.6 Å². The molecule has 32 heavy (non-hydrogen) atoms. The maximum atomic E-state index is 13.1. The highest BCUT2D eigenvalue weighted by molar-refractivity contribution is 6.08. The molecule has 4 rings (SSSR count). The van der Waals surface area contributed by atoms with E-state index in [9.17, 15) is 9.59 Å². The Labute approximate surface area is 185 Å². The standard InChI is InChI=1S/C25H21N5O2/c1-16(18-8-7-9-19(14-18)27-17(2)31)29-30-25(32)21-15-24(23-12-5-6-13-26-23)28-22-11-4-3-10-20(21)22/h3-15H,1-2H3,(H,27,31)(H,30,32). The number of hydrogen-bond acceptors (Lipinski definition) is 5. The highest BCUT2D eigenvalue weighted by Gasteiger charge is 2.14. The summed E-state index contributed by atoms with van der Waals surface area (Å²) in [6.45, 7) is 3.24. The van der Waals surface area contributed by atoms with Crippen molar-refractivity contribution < 1.29 is 9.59 Å². The summed E-state index contributed by atoms with van der Waals surface area (Å²) in [5.41, 5.74) is 7.14. The van der Waals surface area contributed by atoms with Crippen LogP contribution in [0.5, 0.6) is 0 Å². The molecule has 158 valence electrons. The number of hydrazone groups is 1. The number of carbonyl (C=O) groups excluding carboxylic acids is 2. The van der Waals surface area contributed by atoms with Gasteiger partial charge in [0.2, 0.25) is 5.91 Å². The van der Waals surface area contributed by atoms with Crippen LogP contribution in [0.4, 0.5) is 5.69 Å². The molecule has 2 heterocycles. The molecule has 0 saturated carbocycles. The van der Waals surface area contributed by atoms with Gasteiger partial charge < -0.3 is 5.32 Å². The van der Waals surface area contributed by atoms with Gasteiger partial charge in [-0.15, -0.1) is 0 Å². The van der Waals surface area contributed by atoms with E-state index in [0.29, 0.717) is 33.9 Å². The van der Waals surface area contributed by atoms with Crippen LogP contribution < -0.4 is 10.7 Å². The number of hydrogen-bond donors (Lipinski definition) is 2. The summed E-state index contributed by atoms with van der Waals surface area (Å²) in [6, 6.07) is 22.0. The number of fused-ring (bicyclic) bond motifs is 1. The quantitative estimate of drug-likeness (QED) is 0.367. The van der Waals surface area contributed by atoms with Crippen molar-refractivity contribution in [2.24, 2.45) is 5.10 Å². The Morgan fingerprint density at radius 2 is 1.69 bits per heavy atom. The van der Waals surface area contributed by atoms with Gasteiger partial charge in [0.15, 0.2) is 0 Å². The average molecular weight is 423 g/mol. The minimum Gasteiger partial charge on any atom is -0.326 e. The molecule has 0 fully saturated rings. The summed E-state index contributed by atoms with van der Waals surface area (Å²) in [4.78, 5) is 33.4. The van der Waals surface area contributed by atoms with Crippen molar-refractivity contribution in [2.45, 2.75) is 13.8 Å². The number of benzene rings is 2. The van der Waals surface area contributed by atoms with Crippen LogP contribution in [-0.2, 0) is 4.79 Å². The molecular weight excluding hydrogens is 402 g/mol. The van der Waals surface area contributed by atoms with Crippen molar-refractivity contribution >= 4 is 34.1 Å².